The maximum Gasteiger partial charge on any atom is 0.393 e. The average molecular weight is 334 g/mol. The van der Waals surface area contributed by atoms with Crippen molar-refractivity contribution in [1.29, 1.82) is 0 Å². The van der Waals surface area contributed by atoms with Crippen LogP contribution in [0.2, 0.25) is 4.34 Å². The number of hydrogen-bond donors (Lipinski definition) is 0. The molecule has 0 amide bonds. The minimum absolute atomic E-state index is 0.0136. The lowest BCUT2D eigenvalue weighted by Crippen LogP contribution is -2.44. The second-order valence-electron chi connectivity index (χ2n) is 4.30. The molecule has 0 unspecified atom stereocenters. The van der Waals surface area contributed by atoms with Crippen molar-refractivity contribution in [3.63, 3.8) is 0 Å². The molecule has 9 heteroatoms. The molecule has 1 aromatic heterocycles. The van der Waals surface area contributed by atoms with E-state index >= 15 is 0 Å². The Kier molecular flexibility index (Phi) is 4.15. The second kappa shape index (κ2) is 5.23. The van der Waals surface area contributed by atoms with Gasteiger partial charge >= 0.3 is 6.18 Å². The van der Waals surface area contributed by atoms with E-state index in [1.54, 1.807) is 0 Å². The fourth-order valence-electron chi connectivity index (χ4n) is 1.99. The van der Waals surface area contributed by atoms with Gasteiger partial charge in [0.25, 0.3) is 10.0 Å². The normalized spacial score (nSPS) is 22.6. The molecule has 1 aliphatic heterocycles. The van der Waals surface area contributed by atoms with E-state index < -0.39 is 28.7 Å². The number of halogens is 4. The van der Waals surface area contributed by atoms with Crippen molar-refractivity contribution in [2.24, 2.45) is 5.92 Å². The Labute approximate surface area is 118 Å². The van der Waals surface area contributed by atoms with Crippen LogP contribution in [0.3, 0.4) is 0 Å². The largest absolute Gasteiger partial charge is 0.393 e. The summed E-state index contributed by atoms with van der Waals surface area (Å²) in [6.45, 7) is -0.397. The molecule has 0 aliphatic carbocycles. The quantitative estimate of drug-likeness (QED) is 0.832. The summed E-state index contributed by atoms with van der Waals surface area (Å²) in [6.07, 6.45) is -4.18. The third kappa shape index (κ3) is 3.24. The van der Waals surface area contributed by atoms with Gasteiger partial charge in [0.15, 0.2) is 0 Å². The van der Waals surface area contributed by atoms with Gasteiger partial charge in [-0.3, -0.25) is 0 Å². The highest BCUT2D eigenvalue weighted by atomic mass is 35.5. The van der Waals surface area contributed by atoms with Crippen molar-refractivity contribution in [3.8, 4) is 0 Å². The summed E-state index contributed by atoms with van der Waals surface area (Å²) in [5, 5.41) is 0. The number of alkyl halides is 3. The van der Waals surface area contributed by atoms with Crippen molar-refractivity contribution in [2.45, 2.75) is 23.2 Å². The van der Waals surface area contributed by atoms with E-state index in [4.69, 9.17) is 11.6 Å². The molecular weight excluding hydrogens is 323 g/mol. The number of piperidine rings is 1. The first-order valence-corrected chi connectivity index (χ1v) is 8.17. The summed E-state index contributed by atoms with van der Waals surface area (Å²) in [5.41, 5.74) is 0. The van der Waals surface area contributed by atoms with Crippen LogP contribution in [-0.2, 0) is 10.0 Å². The van der Waals surface area contributed by atoms with Gasteiger partial charge in [0.2, 0.25) is 0 Å². The van der Waals surface area contributed by atoms with Crippen molar-refractivity contribution >= 4 is 33.0 Å². The molecule has 2 rings (SSSR count). The summed E-state index contributed by atoms with van der Waals surface area (Å²) in [6, 6.07) is 2.74. The Hall–Kier alpha value is -0.310. The van der Waals surface area contributed by atoms with Gasteiger partial charge in [0.1, 0.15) is 4.21 Å². The predicted molar refractivity (Wildman–Crippen MR) is 66.9 cm³/mol. The zero-order valence-corrected chi connectivity index (χ0v) is 12.0. The molecule has 1 fully saturated rings. The lowest BCUT2D eigenvalue weighted by atomic mass is 9.99. The fourth-order valence-corrected chi connectivity index (χ4v) is 5.15. The maximum atomic E-state index is 12.7. The second-order valence-corrected chi connectivity index (χ2v) is 8.18. The standard InChI is InChI=1S/C10H11ClF3NO2S2/c11-8-3-4-9(18-8)19(16,17)15-5-1-2-7(6-15)10(12,13)14/h3-4,7H,1-2,5-6H2/t7-/m1/s1. The van der Waals surface area contributed by atoms with Gasteiger partial charge < -0.3 is 0 Å². The molecule has 0 spiro atoms. The third-order valence-electron chi connectivity index (χ3n) is 2.99. The average Bonchev–Trinajstić information content (AvgIpc) is 2.76. The Balaban J connectivity index is 2.22. The first kappa shape index (κ1) is 15.1. The lowest BCUT2D eigenvalue weighted by molar-refractivity contribution is -0.182. The van der Waals surface area contributed by atoms with Crippen molar-refractivity contribution in [3.05, 3.63) is 16.5 Å². The van der Waals surface area contributed by atoms with Crippen molar-refractivity contribution < 1.29 is 21.6 Å². The van der Waals surface area contributed by atoms with E-state index in [-0.39, 0.29) is 23.6 Å². The van der Waals surface area contributed by atoms with Crippen molar-refractivity contribution in [2.75, 3.05) is 13.1 Å². The van der Waals surface area contributed by atoms with Crippen LogP contribution in [0.15, 0.2) is 16.3 Å². The number of rotatable bonds is 2. The molecule has 3 nitrogen and oxygen atoms in total. The summed E-state index contributed by atoms with van der Waals surface area (Å²) in [7, 11) is -3.87. The summed E-state index contributed by atoms with van der Waals surface area (Å²) < 4.78 is 63.6. The van der Waals surface area contributed by atoms with Crippen LogP contribution in [-0.4, -0.2) is 32.0 Å². The van der Waals surface area contributed by atoms with E-state index in [0.717, 1.165) is 15.6 Å². The molecule has 1 atom stereocenters. The SMILES string of the molecule is O=S(=O)(c1ccc(Cl)s1)N1CCC[C@@H](C(F)(F)F)C1. The highest BCUT2D eigenvalue weighted by Gasteiger charge is 2.44. The Morgan fingerprint density at radius 1 is 1.37 bits per heavy atom. The zero-order chi connectivity index (χ0) is 14.3. The molecule has 19 heavy (non-hydrogen) atoms. The van der Waals surface area contributed by atoms with Crippen LogP contribution in [0, 0.1) is 5.92 Å². The predicted octanol–water partition coefficient (Wildman–Crippen LogP) is 3.36. The molecule has 0 bridgehead atoms. The van der Waals surface area contributed by atoms with Gasteiger partial charge in [-0.1, -0.05) is 11.6 Å². The number of nitrogens with zero attached hydrogens (tertiary/aromatic N) is 1. The third-order valence-corrected chi connectivity index (χ3v) is 6.55. The van der Waals surface area contributed by atoms with E-state index in [1.165, 1.54) is 12.1 Å². The Morgan fingerprint density at radius 3 is 2.58 bits per heavy atom. The molecule has 0 saturated carbocycles. The monoisotopic (exact) mass is 333 g/mol. The molecule has 0 N–H and O–H groups in total. The topological polar surface area (TPSA) is 37.4 Å². The summed E-state index contributed by atoms with van der Waals surface area (Å²) in [5.74, 6) is -1.59. The summed E-state index contributed by atoms with van der Waals surface area (Å²) >= 11 is 6.51. The van der Waals surface area contributed by atoms with E-state index in [2.05, 4.69) is 0 Å². The van der Waals surface area contributed by atoms with Crippen LogP contribution in [0.1, 0.15) is 12.8 Å². The van der Waals surface area contributed by atoms with Gasteiger partial charge in [-0.2, -0.15) is 17.5 Å². The van der Waals surface area contributed by atoms with Crippen LogP contribution in [0.5, 0.6) is 0 Å². The number of hydrogen-bond acceptors (Lipinski definition) is 3. The van der Waals surface area contributed by atoms with E-state index in [9.17, 15) is 21.6 Å². The van der Waals surface area contributed by atoms with Crippen LogP contribution in [0.25, 0.3) is 0 Å². The number of thiophene rings is 1. The molecule has 108 valence electrons. The molecule has 0 aromatic carbocycles. The molecule has 1 aliphatic rings. The molecule has 1 aromatic rings. The van der Waals surface area contributed by atoms with Gasteiger partial charge in [0, 0.05) is 13.1 Å². The smallest absolute Gasteiger partial charge is 0.206 e. The highest BCUT2D eigenvalue weighted by Crippen LogP contribution is 2.36. The first-order chi connectivity index (χ1) is 8.71. The minimum atomic E-state index is -4.36. The van der Waals surface area contributed by atoms with Gasteiger partial charge in [-0.25, -0.2) is 8.42 Å². The van der Waals surface area contributed by atoms with Crippen molar-refractivity contribution in [1.82, 2.24) is 4.31 Å². The molecule has 2 heterocycles. The Bertz CT molecular complexity index is 555. The van der Waals surface area contributed by atoms with Gasteiger partial charge in [-0.15, -0.1) is 11.3 Å². The minimum Gasteiger partial charge on any atom is -0.206 e. The molecular formula is C10H11ClF3NO2S2. The van der Waals surface area contributed by atoms with Gasteiger partial charge in [-0.05, 0) is 25.0 Å². The number of sulfonamides is 1. The van der Waals surface area contributed by atoms with Gasteiger partial charge in [0.05, 0.1) is 10.3 Å². The highest BCUT2D eigenvalue weighted by molar-refractivity contribution is 7.91. The van der Waals surface area contributed by atoms with E-state index in [1.807, 2.05) is 0 Å². The van der Waals surface area contributed by atoms with E-state index in [0.29, 0.717) is 4.34 Å². The zero-order valence-electron chi connectivity index (χ0n) is 9.65. The van der Waals surface area contributed by atoms with Crippen LogP contribution < -0.4 is 0 Å². The lowest BCUT2D eigenvalue weighted by Gasteiger charge is -2.32. The molecule has 0 radical (unpaired) electrons. The first-order valence-electron chi connectivity index (χ1n) is 5.53. The Morgan fingerprint density at radius 2 is 2.05 bits per heavy atom. The summed E-state index contributed by atoms with van der Waals surface area (Å²) in [4.78, 5) is 0. The maximum absolute atomic E-state index is 12.7. The molecule has 1 saturated heterocycles. The fraction of sp³-hybridized carbons (Fsp3) is 0.600. The van der Waals surface area contributed by atoms with Crippen LogP contribution in [0.4, 0.5) is 13.2 Å². The van der Waals surface area contributed by atoms with Crippen LogP contribution >= 0.6 is 22.9 Å².